The summed E-state index contributed by atoms with van der Waals surface area (Å²) >= 11 is 0. The van der Waals surface area contributed by atoms with Gasteiger partial charge in [0.25, 0.3) is 0 Å². The molecule has 0 aromatic rings. The molecule has 1 aliphatic rings. The van der Waals surface area contributed by atoms with Gasteiger partial charge in [0.1, 0.15) is 0 Å². The highest BCUT2D eigenvalue weighted by Gasteiger charge is 2.19. The molecule has 4 heteroatoms. The van der Waals surface area contributed by atoms with Crippen molar-refractivity contribution in [2.45, 2.75) is 45.1 Å². The minimum atomic E-state index is -0.516. The summed E-state index contributed by atoms with van der Waals surface area (Å²) in [5.74, 6) is -1.00. The van der Waals surface area contributed by atoms with Crippen molar-refractivity contribution in [3.8, 4) is 0 Å². The maximum atomic E-state index is 11.3. The Morgan fingerprint density at radius 1 is 1.14 bits per heavy atom. The first-order valence-corrected chi connectivity index (χ1v) is 5.32. The second kappa shape index (κ2) is 5.62. The van der Waals surface area contributed by atoms with E-state index >= 15 is 0 Å². The molecule has 0 saturated heterocycles. The Bertz CT molecular complexity index is 210. The highest BCUT2D eigenvalue weighted by molar-refractivity contribution is 6.35. The van der Waals surface area contributed by atoms with E-state index in [4.69, 9.17) is 0 Å². The van der Waals surface area contributed by atoms with Gasteiger partial charge in [-0.05, 0) is 19.8 Å². The molecule has 0 aromatic heterocycles. The Hall–Kier alpha value is -1.06. The lowest BCUT2D eigenvalue weighted by Gasteiger charge is -2.22. The molecule has 1 rings (SSSR count). The first-order valence-electron chi connectivity index (χ1n) is 5.32. The fraction of sp³-hybridized carbons (Fsp3) is 0.800. The molecule has 14 heavy (non-hydrogen) atoms. The molecule has 0 bridgehead atoms. The Balaban J connectivity index is 2.28. The van der Waals surface area contributed by atoms with E-state index in [1.54, 1.807) is 6.92 Å². The Kier molecular flexibility index (Phi) is 4.43. The minimum Gasteiger partial charge on any atom is -0.348 e. The lowest BCUT2D eigenvalue weighted by atomic mass is 9.95. The van der Waals surface area contributed by atoms with Crippen molar-refractivity contribution in [3.63, 3.8) is 0 Å². The van der Waals surface area contributed by atoms with Crippen LogP contribution >= 0.6 is 0 Å². The van der Waals surface area contributed by atoms with Gasteiger partial charge in [-0.3, -0.25) is 9.59 Å². The average Bonchev–Trinajstić information content (AvgIpc) is 2.19. The SMILES string of the molecule is CCNC(=O)C(=O)NC1CCCCC1. The van der Waals surface area contributed by atoms with Crippen LogP contribution in [0.25, 0.3) is 0 Å². The number of hydrogen-bond acceptors (Lipinski definition) is 2. The molecular weight excluding hydrogens is 180 g/mol. The Morgan fingerprint density at radius 2 is 1.79 bits per heavy atom. The third-order valence-electron chi connectivity index (χ3n) is 2.48. The van der Waals surface area contributed by atoms with E-state index in [2.05, 4.69) is 10.6 Å². The number of nitrogens with one attached hydrogen (secondary N) is 2. The summed E-state index contributed by atoms with van der Waals surface area (Å²) in [5, 5.41) is 5.24. The summed E-state index contributed by atoms with van der Waals surface area (Å²) in [6, 6.07) is 0.207. The third-order valence-corrected chi connectivity index (χ3v) is 2.48. The summed E-state index contributed by atoms with van der Waals surface area (Å²) in [4.78, 5) is 22.4. The van der Waals surface area contributed by atoms with Crippen LogP contribution in [0.1, 0.15) is 39.0 Å². The molecule has 80 valence electrons. The smallest absolute Gasteiger partial charge is 0.309 e. The van der Waals surface area contributed by atoms with Gasteiger partial charge in [0.05, 0.1) is 0 Å². The van der Waals surface area contributed by atoms with E-state index in [0.717, 1.165) is 25.7 Å². The largest absolute Gasteiger partial charge is 0.348 e. The number of carbonyl (C=O) groups excluding carboxylic acids is 2. The van der Waals surface area contributed by atoms with Crippen LogP contribution in [0.15, 0.2) is 0 Å². The third kappa shape index (κ3) is 3.36. The monoisotopic (exact) mass is 198 g/mol. The second-order valence-electron chi connectivity index (χ2n) is 3.67. The van der Waals surface area contributed by atoms with Crippen molar-refractivity contribution in [2.75, 3.05) is 6.54 Å². The van der Waals surface area contributed by atoms with Crippen molar-refractivity contribution in [1.82, 2.24) is 10.6 Å². The second-order valence-corrected chi connectivity index (χ2v) is 3.67. The van der Waals surface area contributed by atoms with E-state index in [1.807, 2.05) is 0 Å². The normalized spacial score (nSPS) is 17.5. The molecule has 0 atom stereocenters. The summed E-state index contributed by atoms with van der Waals surface area (Å²) in [7, 11) is 0. The van der Waals surface area contributed by atoms with Gasteiger partial charge in [-0.2, -0.15) is 0 Å². The van der Waals surface area contributed by atoms with Gasteiger partial charge in [-0.25, -0.2) is 0 Å². The summed E-state index contributed by atoms with van der Waals surface area (Å²) in [6.07, 6.45) is 5.56. The molecule has 0 aliphatic heterocycles. The van der Waals surface area contributed by atoms with Gasteiger partial charge < -0.3 is 10.6 Å². The zero-order chi connectivity index (χ0) is 10.4. The first kappa shape index (κ1) is 11.0. The maximum Gasteiger partial charge on any atom is 0.309 e. The highest BCUT2D eigenvalue weighted by Crippen LogP contribution is 2.17. The topological polar surface area (TPSA) is 58.2 Å². The van der Waals surface area contributed by atoms with Crippen LogP contribution in [-0.4, -0.2) is 24.4 Å². The van der Waals surface area contributed by atoms with Crippen LogP contribution in [0.3, 0.4) is 0 Å². The van der Waals surface area contributed by atoms with E-state index in [-0.39, 0.29) is 6.04 Å². The van der Waals surface area contributed by atoms with Crippen molar-refractivity contribution in [1.29, 1.82) is 0 Å². The van der Waals surface area contributed by atoms with Crippen LogP contribution in [0.2, 0.25) is 0 Å². The van der Waals surface area contributed by atoms with Gasteiger partial charge in [0, 0.05) is 12.6 Å². The van der Waals surface area contributed by atoms with Crippen molar-refractivity contribution in [3.05, 3.63) is 0 Å². The van der Waals surface area contributed by atoms with Gasteiger partial charge in [-0.1, -0.05) is 19.3 Å². The van der Waals surface area contributed by atoms with Crippen LogP contribution < -0.4 is 10.6 Å². The molecule has 2 amide bonds. The first-order chi connectivity index (χ1) is 6.74. The van der Waals surface area contributed by atoms with Crippen LogP contribution in [-0.2, 0) is 9.59 Å². The molecule has 2 N–H and O–H groups in total. The van der Waals surface area contributed by atoms with Crippen molar-refractivity contribution < 1.29 is 9.59 Å². The standard InChI is InChI=1S/C10H18N2O2/c1-2-11-9(13)10(14)12-8-6-4-3-5-7-8/h8H,2-7H2,1H3,(H,11,13)(H,12,14). The van der Waals surface area contributed by atoms with Crippen molar-refractivity contribution >= 4 is 11.8 Å². The summed E-state index contributed by atoms with van der Waals surface area (Å²) < 4.78 is 0. The van der Waals surface area contributed by atoms with Gasteiger partial charge in [0.15, 0.2) is 0 Å². The quantitative estimate of drug-likeness (QED) is 0.637. The zero-order valence-corrected chi connectivity index (χ0v) is 8.64. The average molecular weight is 198 g/mol. The van der Waals surface area contributed by atoms with E-state index in [1.165, 1.54) is 6.42 Å². The molecular formula is C10H18N2O2. The number of amides is 2. The molecule has 0 spiro atoms. The minimum absolute atomic E-state index is 0.207. The molecule has 0 heterocycles. The Labute approximate surface area is 84.4 Å². The predicted octanol–water partition coefficient (Wildman–Crippen LogP) is 0.571. The predicted molar refractivity (Wildman–Crippen MR) is 53.7 cm³/mol. The molecule has 1 fully saturated rings. The lowest BCUT2D eigenvalue weighted by Crippen LogP contribution is -2.45. The number of carbonyl (C=O) groups is 2. The highest BCUT2D eigenvalue weighted by atomic mass is 16.2. The molecule has 0 unspecified atom stereocenters. The lowest BCUT2D eigenvalue weighted by molar-refractivity contribution is -0.139. The van der Waals surface area contributed by atoms with Crippen molar-refractivity contribution in [2.24, 2.45) is 0 Å². The summed E-state index contributed by atoms with van der Waals surface area (Å²) in [6.45, 7) is 2.29. The van der Waals surface area contributed by atoms with E-state index in [0.29, 0.717) is 6.54 Å². The summed E-state index contributed by atoms with van der Waals surface area (Å²) in [5.41, 5.74) is 0. The number of hydrogen-bond donors (Lipinski definition) is 2. The maximum absolute atomic E-state index is 11.3. The fourth-order valence-corrected chi connectivity index (χ4v) is 1.74. The Morgan fingerprint density at radius 3 is 2.36 bits per heavy atom. The number of rotatable bonds is 2. The molecule has 0 aromatic carbocycles. The molecule has 1 saturated carbocycles. The van der Waals surface area contributed by atoms with E-state index in [9.17, 15) is 9.59 Å². The van der Waals surface area contributed by atoms with Crippen LogP contribution in [0.4, 0.5) is 0 Å². The van der Waals surface area contributed by atoms with E-state index < -0.39 is 11.8 Å². The zero-order valence-electron chi connectivity index (χ0n) is 8.64. The van der Waals surface area contributed by atoms with Gasteiger partial charge in [0.2, 0.25) is 0 Å². The molecule has 1 aliphatic carbocycles. The van der Waals surface area contributed by atoms with Gasteiger partial charge >= 0.3 is 11.8 Å². The fourth-order valence-electron chi connectivity index (χ4n) is 1.74. The van der Waals surface area contributed by atoms with Gasteiger partial charge in [-0.15, -0.1) is 0 Å². The molecule has 0 radical (unpaired) electrons. The van der Waals surface area contributed by atoms with Crippen LogP contribution in [0.5, 0.6) is 0 Å². The van der Waals surface area contributed by atoms with Crippen LogP contribution in [0, 0.1) is 0 Å². The molecule has 4 nitrogen and oxygen atoms in total. The number of likely N-dealkylation sites (N-methyl/N-ethyl adjacent to an activating group) is 1.